The number of carbonyl (C=O) groups excluding carboxylic acids is 1. The van der Waals surface area contributed by atoms with Gasteiger partial charge in [-0.2, -0.15) is 0 Å². The lowest BCUT2D eigenvalue weighted by Crippen LogP contribution is -2.46. The van der Waals surface area contributed by atoms with Crippen molar-refractivity contribution < 1.29 is 19.0 Å². The predicted molar refractivity (Wildman–Crippen MR) is 180 cm³/mol. The van der Waals surface area contributed by atoms with Gasteiger partial charge in [0.05, 0.1) is 28.0 Å². The van der Waals surface area contributed by atoms with E-state index in [9.17, 15) is 4.79 Å². The van der Waals surface area contributed by atoms with Crippen LogP contribution < -0.4 is 15.0 Å². The van der Waals surface area contributed by atoms with E-state index in [1.54, 1.807) is 0 Å². The zero-order valence-electron chi connectivity index (χ0n) is 26.9. The Hall–Kier alpha value is -2.68. The Morgan fingerprint density at radius 1 is 0.977 bits per heavy atom. The summed E-state index contributed by atoms with van der Waals surface area (Å²) in [6.07, 6.45) is 4.03. The second-order valence-electron chi connectivity index (χ2n) is 13.7. The molecule has 0 aromatic heterocycles. The minimum atomic E-state index is -0.482. The highest BCUT2D eigenvalue weighted by Crippen LogP contribution is 2.34. The summed E-state index contributed by atoms with van der Waals surface area (Å²) < 4.78 is 17.0. The van der Waals surface area contributed by atoms with Crippen molar-refractivity contribution in [2.45, 2.75) is 66.7 Å². The minimum absolute atomic E-state index is 0.0285. The second kappa shape index (κ2) is 15.5. The number of piperazine rings is 1. The molecule has 2 heterocycles. The molecule has 1 N–H and O–H groups in total. The highest BCUT2D eigenvalue weighted by atomic mass is 35.5. The summed E-state index contributed by atoms with van der Waals surface area (Å²) in [6, 6.07) is 11.9. The number of alkyl carbamates (subject to hydrolysis) is 1. The van der Waals surface area contributed by atoms with Crippen LogP contribution in [0.2, 0.25) is 10.0 Å². The number of aryl methyl sites for hydroxylation is 1. The lowest BCUT2D eigenvalue weighted by Gasteiger charge is -2.36. The molecule has 0 bridgehead atoms. The van der Waals surface area contributed by atoms with Crippen LogP contribution in [0.15, 0.2) is 41.4 Å². The number of nitrogens with one attached hydrogen (secondary N) is 1. The molecule has 10 heteroatoms. The first-order chi connectivity index (χ1) is 20.9. The molecular weight excluding hydrogens is 599 g/mol. The Labute approximate surface area is 273 Å². The first kappa shape index (κ1) is 34.2. The van der Waals surface area contributed by atoms with E-state index in [2.05, 4.69) is 60.8 Å². The number of benzene rings is 2. The van der Waals surface area contributed by atoms with Gasteiger partial charge in [0.15, 0.2) is 5.90 Å². The van der Waals surface area contributed by atoms with Gasteiger partial charge in [0, 0.05) is 45.2 Å². The molecule has 1 amide bonds. The third-order valence-corrected chi connectivity index (χ3v) is 8.64. The van der Waals surface area contributed by atoms with Gasteiger partial charge in [-0.15, -0.1) is 0 Å². The maximum atomic E-state index is 12.2. The van der Waals surface area contributed by atoms with Gasteiger partial charge in [0.1, 0.15) is 5.75 Å². The fraction of sp³-hybridized carbons (Fsp3) is 0.588. The number of fused-ring (bicyclic) bond motifs is 1. The van der Waals surface area contributed by atoms with Crippen LogP contribution in [0.1, 0.15) is 65.9 Å². The summed E-state index contributed by atoms with van der Waals surface area (Å²) in [6.45, 7) is 16.8. The Kier molecular flexibility index (Phi) is 12.1. The van der Waals surface area contributed by atoms with Crippen LogP contribution in [-0.4, -0.2) is 69.6 Å². The van der Waals surface area contributed by atoms with E-state index in [4.69, 9.17) is 37.4 Å². The average Bonchev–Trinajstić information content (AvgIpc) is 2.96. The molecule has 44 heavy (non-hydrogen) atoms. The fourth-order valence-corrected chi connectivity index (χ4v) is 6.49. The number of rotatable bonds is 12. The maximum absolute atomic E-state index is 12.2. The number of ether oxygens (including phenoxy) is 3. The normalized spacial score (nSPS) is 15.8. The van der Waals surface area contributed by atoms with Crippen molar-refractivity contribution >= 4 is 46.6 Å². The molecule has 1 saturated heterocycles. The summed E-state index contributed by atoms with van der Waals surface area (Å²) in [5.41, 5.74) is 3.17. The van der Waals surface area contributed by atoms with E-state index in [1.807, 2.05) is 30.3 Å². The summed E-state index contributed by atoms with van der Waals surface area (Å²) in [5.74, 6) is 1.36. The van der Waals surface area contributed by atoms with E-state index in [0.717, 1.165) is 81.1 Å². The third-order valence-electron chi connectivity index (χ3n) is 7.83. The summed E-state index contributed by atoms with van der Waals surface area (Å²) in [5, 5.41) is 4.09. The van der Waals surface area contributed by atoms with Crippen molar-refractivity contribution in [1.29, 1.82) is 0 Å². The lowest BCUT2D eigenvalue weighted by atomic mass is 9.76. The van der Waals surface area contributed by atoms with Crippen molar-refractivity contribution in [3.8, 4) is 5.75 Å². The highest BCUT2D eigenvalue weighted by molar-refractivity contribution is 6.43. The molecule has 2 aromatic rings. The van der Waals surface area contributed by atoms with Gasteiger partial charge < -0.3 is 24.4 Å². The maximum Gasteiger partial charge on any atom is 0.410 e. The van der Waals surface area contributed by atoms with Gasteiger partial charge in [0.2, 0.25) is 6.79 Å². The largest absolute Gasteiger partial charge is 0.494 e. The molecule has 1 fully saturated rings. The van der Waals surface area contributed by atoms with Crippen molar-refractivity contribution in [2.24, 2.45) is 15.8 Å². The zero-order valence-corrected chi connectivity index (χ0v) is 28.4. The number of carbonyl (C=O) groups is 1. The summed E-state index contributed by atoms with van der Waals surface area (Å²) in [7, 11) is 0. The SMILES string of the molecule is CC(C)(C)CC(C)(C)CNC(=O)OCOC1=Nc2cc(OCCCCN3CCN(c4cccc(Cl)c4Cl)CC3)ccc2CC1. The average molecular weight is 648 g/mol. The van der Waals surface area contributed by atoms with Gasteiger partial charge >= 0.3 is 6.09 Å². The molecular formula is C34H48Cl2N4O4. The molecule has 0 saturated carbocycles. The Morgan fingerprint density at radius 3 is 2.50 bits per heavy atom. The van der Waals surface area contributed by atoms with Crippen molar-refractivity contribution in [3.63, 3.8) is 0 Å². The van der Waals surface area contributed by atoms with Crippen LogP contribution in [-0.2, 0) is 15.9 Å². The number of amides is 1. The first-order valence-corrected chi connectivity index (χ1v) is 16.4. The fourth-order valence-electron chi connectivity index (χ4n) is 6.07. The van der Waals surface area contributed by atoms with E-state index in [0.29, 0.717) is 35.5 Å². The zero-order chi connectivity index (χ0) is 31.7. The number of halogens is 2. The number of hydrogen-bond donors (Lipinski definition) is 1. The standard InChI is InChI=1S/C34H48Cl2N4O4/c1-33(2,3)22-34(4,5)23-37-32(41)44-24-43-30-14-12-25-11-13-26(21-28(25)38-30)42-20-7-6-15-39-16-18-40(19-17-39)29-10-8-9-27(35)31(29)36/h8-11,13,21H,6-7,12,14-20,22-24H2,1-5H3,(H,37,41). The van der Waals surface area contributed by atoms with Crippen molar-refractivity contribution in [1.82, 2.24) is 10.2 Å². The molecule has 8 nitrogen and oxygen atoms in total. The molecule has 0 atom stereocenters. The van der Waals surface area contributed by atoms with Crippen LogP contribution in [0.3, 0.4) is 0 Å². The van der Waals surface area contributed by atoms with E-state index >= 15 is 0 Å². The Balaban J connectivity index is 1.13. The van der Waals surface area contributed by atoms with E-state index in [1.165, 1.54) is 0 Å². The van der Waals surface area contributed by atoms with Gasteiger partial charge in [-0.1, -0.05) is 70.0 Å². The Morgan fingerprint density at radius 2 is 1.75 bits per heavy atom. The van der Waals surface area contributed by atoms with E-state index in [-0.39, 0.29) is 17.6 Å². The van der Waals surface area contributed by atoms with Crippen molar-refractivity contribution in [2.75, 3.05) is 57.6 Å². The predicted octanol–water partition coefficient (Wildman–Crippen LogP) is 8.11. The molecule has 2 aromatic carbocycles. The summed E-state index contributed by atoms with van der Waals surface area (Å²) >= 11 is 12.6. The number of anilines is 1. The number of aliphatic imine (C=N–C) groups is 1. The van der Waals surface area contributed by atoms with E-state index < -0.39 is 6.09 Å². The molecule has 0 spiro atoms. The molecule has 0 unspecified atom stereocenters. The molecule has 2 aliphatic rings. The lowest BCUT2D eigenvalue weighted by molar-refractivity contribution is 0.0480. The molecule has 2 aliphatic heterocycles. The molecule has 0 aliphatic carbocycles. The topological polar surface area (TPSA) is 75.6 Å². The van der Waals surface area contributed by atoms with Gasteiger partial charge in [0.25, 0.3) is 0 Å². The first-order valence-electron chi connectivity index (χ1n) is 15.7. The summed E-state index contributed by atoms with van der Waals surface area (Å²) in [4.78, 5) is 21.6. The Bertz CT molecular complexity index is 1290. The van der Waals surface area contributed by atoms with Crippen LogP contribution >= 0.6 is 23.2 Å². The van der Waals surface area contributed by atoms with Crippen LogP contribution in [0, 0.1) is 10.8 Å². The minimum Gasteiger partial charge on any atom is -0.494 e. The number of nitrogens with zero attached hydrogens (tertiary/aromatic N) is 3. The van der Waals surface area contributed by atoms with Gasteiger partial charge in [-0.3, -0.25) is 4.90 Å². The monoisotopic (exact) mass is 646 g/mol. The van der Waals surface area contributed by atoms with Crippen molar-refractivity contribution in [3.05, 3.63) is 52.0 Å². The smallest absolute Gasteiger partial charge is 0.410 e. The van der Waals surface area contributed by atoms with Gasteiger partial charge in [-0.05, 0) is 66.8 Å². The second-order valence-corrected chi connectivity index (χ2v) is 14.5. The third kappa shape index (κ3) is 10.7. The molecule has 242 valence electrons. The van der Waals surface area contributed by atoms with Gasteiger partial charge in [-0.25, -0.2) is 9.79 Å². The molecule has 4 rings (SSSR count). The number of unbranched alkanes of at least 4 members (excludes halogenated alkanes) is 1. The van der Waals surface area contributed by atoms with Crippen LogP contribution in [0.4, 0.5) is 16.2 Å². The number of hydrogen-bond acceptors (Lipinski definition) is 7. The molecule has 0 radical (unpaired) electrons. The van der Waals surface area contributed by atoms with Crippen LogP contribution in [0.5, 0.6) is 5.75 Å². The quantitative estimate of drug-likeness (QED) is 0.185. The van der Waals surface area contributed by atoms with Crippen LogP contribution in [0.25, 0.3) is 0 Å². The highest BCUT2D eigenvalue weighted by Gasteiger charge is 2.26.